The average Bonchev–Trinajstić information content (AvgIpc) is 3.27. The fourth-order valence-electron chi connectivity index (χ4n) is 4.25. The van der Waals surface area contributed by atoms with Crippen molar-refractivity contribution < 1.29 is 23.7 Å². The Kier molecular flexibility index (Phi) is 8.18. The van der Waals surface area contributed by atoms with Gasteiger partial charge in [0.15, 0.2) is 11.5 Å². The number of imidazole rings is 1. The van der Waals surface area contributed by atoms with E-state index in [0.29, 0.717) is 36.0 Å². The zero-order valence-corrected chi connectivity index (χ0v) is 22.0. The summed E-state index contributed by atoms with van der Waals surface area (Å²) >= 11 is 0. The second kappa shape index (κ2) is 11.7. The summed E-state index contributed by atoms with van der Waals surface area (Å²) in [5.41, 5.74) is 4.60. The number of benzene rings is 3. The van der Waals surface area contributed by atoms with E-state index >= 15 is 0 Å². The summed E-state index contributed by atoms with van der Waals surface area (Å²) in [6, 6.07) is 17.4. The number of nitrogens with one attached hydrogen (secondary N) is 1. The van der Waals surface area contributed by atoms with Crippen molar-refractivity contribution in [3.63, 3.8) is 0 Å². The summed E-state index contributed by atoms with van der Waals surface area (Å²) in [6.07, 6.45) is 0.793. The first-order valence-electron chi connectivity index (χ1n) is 12.2. The molecule has 0 fully saturated rings. The first kappa shape index (κ1) is 25.9. The molecule has 0 saturated carbocycles. The Balaban J connectivity index is 1.47. The third kappa shape index (κ3) is 5.80. The van der Waals surface area contributed by atoms with Gasteiger partial charge in [-0.25, -0.2) is 4.98 Å². The molecule has 0 spiro atoms. The van der Waals surface area contributed by atoms with E-state index in [-0.39, 0.29) is 12.5 Å². The molecule has 1 amide bonds. The van der Waals surface area contributed by atoms with Crippen LogP contribution in [0.25, 0.3) is 11.0 Å². The van der Waals surface area contributed by atoms with E-state index in [0.717, 1.165) is 34.6 Å². The predicted molar refractivity (Wildman–Crippen MR) is 143 cm³/mol. The molecule has 0 atom stereocenters. The van der Waals surface area contributed by atoms with Gasteiger partial charge in [0.2, 0.25) is 5.75 Å². The number of amides is 1. The number of carbonyl (C=O) groups is 1. The highest BCUT2D eigenvalue weighted by Gasteiger charge is 2.18. The summed E-state index contributed by atoms with van der Waals surface area (Å²) in [6.45, 7) is 5.66. The van der Waals surface area contributed by atoms with Crippen LogP contribution in [0.15, 0.2) is 54.6 Å². The molecule has 4 aromatic rings. The maximum Gasteiger partial charge on any atom is 0.251 e. The lowest BCUT2D eigenvalue weighted by molar-refractivity contribution is 0.0948. The van der Waals surface area contributed by atoms with Crippen LogP contribution < -0.4 is 24.3 Å². The number of fused-ring (bicyclic) bond motifs is 1. The summed E-state index contributed by atoms with van der Waals surface area (Å²) in [4.78, 5) is 17.8. The van der Waals surface area contributed by atoms with E-state index in [9.17, 15) is 4.79 Å². The lowest BCUT2D eigenvalue weighted by atomic mass is 10.1. The first-order valence-corrected chi connectivity index (χ1v) is 12.2. The van der Waals surface area contributed by atoms with Gasteiger partial charge in [-0.3, -0.25) is 4.79 Å². The second-order valence-electron chi connectivity index (χ2n) is 8.74. The lowest BCUT2D eigenvalue weighted by Crippen LogP contribution is -2.25. The monoisotopic (exact) mass is 503 g/mol. The highest BCUT2D eigenvalue weighted by atomic mass is 16.5. The number of aryl methyl sites for hydroxylation is 3. The number of aromatic nitrogens is 2. The zero-order chi connectivity index (χ0) is 26.4. The zero-order valence-electron chi connectivity index (χ0n) is 22.0. The predicted octanol–water partition coefficient (Wildman–Crippen LogP) is 5.08. The van der Waals surface area contributed by atoms with Gasteiger partial charge in [-0.2, -0.15) is 0 Å². The van der Waals surface area contributed by atoms with Crippen LogP contribution in [0.3, 0.4) is 0 Å². The smallest absolute Gasteiger partial charge is 0.251 e. The number of para-hydroxylation sites is 2. The Hall–Kier alpha value is -4.20. The molecule has 0 radical (unpaired) electrons. The molecule has 194 valence electrons. The molecule has 1 aromatic heterocycles. The standard InChI is InChI=1S/C29H33N3O5/c1-19-11-12-20(2)24(15-19)37-14-8-13-32-23-10-7-6-9-22(23)31-27(32)18-30-29(33)21-16-25(34-3)28(36-5)26(17-21)35-4/h6-7,9-12,15-17H,8,13-14,18H2,1-5H3,(H,30,33). The Labute approximate surface area is 217 Å². The lowest BCUT2D eigenvalue weighted by Gasteiger charge is -2.14. The number of ether oxygens (including phenoxy) is 4. The summed E-state index contributed by atoms with van der Waals surface area (Å²) in [5.74, 6) is 2.69. The molecule has 8 nitrogen and oxygen atoms in total. The van der Waals surface area contributed by atoms with Crippen LogP contribution in [0.2, 0.25) is 0 Å². The molecule has 37 heavy (non-hydrogen) atoms. The summed E-state index contributed by atoms with van der Waals surface area (Å²) in [5, 5.41) is 2.98. The number of methoxy groups -OCH3 is 3. The molecule has 0 aliphatic carbocycles. The van der Waals surface area contributed by atoms with Gasteiger partial charge in [0, 0.05) is 12.1 Å². The molecule has 0 bridgehead atoms. The van der Waals surface area contributed by atoms with Crippen LogP contribution in [-0.4, -0.2) is 43.4 Å². The van der Waals surface area contributed by atoms with Crippen molar-refractivity contribution in [3.05, 3.63) is 77.1 Å². The van der Waals surface area contributed by atoms with Crippen LogP contribution in [0.4, 0.5) is 0 Å². The highest BCUT2D eigenvalue weighted by molar-refractivity contribution is 5.95. The van der Waals surface area contributed by atoms with Gasteiger partial charge in [0.25, 0.3) is 5.91 Å². The minimum Gasteiger partial charge on any atom is -0.493 e. The molecule has 0 unspecified atom stereocenters. The molecular formula is C29H33N3O5. The topological polar surface area (TPSA) is 83.8 Å². The minimum atomic E-state index is -0.267. The number of carbonyl (C=O) groups excluding carboxylic acids is 1. The van der Waals surface area contributed by atoms with Gasteiger partial charge in [-0.1, -0.05) is 24.3 Å². The van der Waals surface area contributed by atoms with Crippen LogP contribution in [0, 0.1) is 13.8 Å². The van der Waals surface area contributed by atoms with Crippen LogP contribution in [-0.2, 0) is 13.1 Å². The summed E-state index contributed by atoms with van der Waals surface area (Å²) < 4.78 is 24.3. The van der Waals surface area contributed by atoms with Crippen molar-refractivity contribution in [1.82, 2.24) is 14.9 Å². The Morgan fingerprint density at radius 3 is 2.35 bits per heavy atom. The van der Waals surface area contributed by atoms with Gasteiger partial charge in [-0.15, -0.1) is 0 Å². The second-order valence-corrected chi connectivity index (χ2v) is 8.74. The van der Waals surface area contributed by atoms with Crippen molar-refractivity contribution in [2.24, 2.45) is 0 Å². The van der Waals surface area contributed by atoms with Gasteiger partial charge in [0.1, 0.15) is 11.6 Å². The normalized spacial score (nSPS) is 10.8. The van der Waals surface area contributed by atoms with Crippen molar-refractivity contribution in [3.8, 4) is 23.0 Å². The van der Waals surface area contributed by atoms with Crippen molar-refractivity contribution in [1.29, 1.82) is 0 Å². The maximum atomic E-state index is 13.0. The van der Waals surface area contributed by atoms with E-state index in [1.165, 1.54) is 26.9 Å². The van der Waals surface area contributed by atoms with Crippen LogP contribution >= 0.6 is 0 Å². The van der Waals surface area contributed by atoms with E-state index in [1.54, 1.807) is 12.1 Å². The number of nitrogens with zero attached hydrogens (tertiary/aromatic N) is 2. The maximum absolute atomic E-state index is 13.0. The van der Waals surface area contributed by atoms with Crippen LogP contribution in [0.5, 0.6) is 23.0 Å². The number of hydrogen-bond donors (Lipinski definition) is 1. The third-order valence-electron chi connectivity index (χ3n) is 6.19. The highest BCUT2D eigenvalue weighted by Crippen LogP contribution is 2.38. The Morgan fingerprint density at radius 2 is 1.65 bits per heavy atom. The number of hydrogen-bond acceptors (Lipinski definition) is 6. The molecule has 8 heteroatoms. The molecule has 0 aliphatic rings. The molecule has 4 rings (SSSR count). The molecule has 0 saturated heterocycles. The fourth-order valence-corrected chi connectivity index (χ4v) is 4.25. The van der Waals surface area contributed by atoms with E-state index in [2.05, 4.69) is 35.0 Å². The minimum absolute atomic E-state index is 0.266. The molecule has 1 heterocycles. The molecule has 0 aliphatic heterocycles. The van der Waals surface area contributed by atoms with Crippen LogP contribution in [0.1, 0.15) is 33.7 Å². The third-order valence-corrected chi connectivity index (χ3v) is 6.19. The van der Waals surface area contributed by atoms with Crippen molar-refractivity contribution in [2.45, 2.75) is 33.4 Å². The molecular weight excluding hydrogens is 470 g/mol. The number of rotatable bonds is 11. The van der Waals surface area contributed by atoms with Crippen molar-refractivity contribution >= 4 is 16.9 Å². The van der Waals surface area contributed by atoms with E-state index < -0.39 is 0 Å². The summed E-state index contributed by atoms with van der Waals surface area (Å²) in [7, 11) is 4.56. The average molecular weight is 504 g/mol. The van der Waals surface area contributed by atoms with E-state index in [1.807, 2.05) is 31.2 Å². The van der Waals surface area contributed by atoms with Gasteiger partial charge >= 0.3 is 0 Å². The van der Waals surface area contributed by atoms with E-state index in [4.69, 9.17) is 23.9 Å². The largest absolute Gasteiger partial charge is 0.493 e. The fraction of sp³-hybridized carbons (Fsp3) is 0.310. The quantitative estimate of drug-likeness (QED) is 0.288. The molecule has 3 aromatic carbocycles. The first-order chi connectivity index (χ1) is 17.9. The van der Waals surface area contributed by atoms with Gasteiger partial charge < -0.3 is 28.8 Å². The van der Waals surface area contributed by atoms with Crippen molar-refractivity contribution in [2.75, 3.05) is 27.9 Å². The Bertz CT molecular complexity index is 1370. The van der Waals surface area contributed by atoms with Gasteiger partial charge in [-0.05, 0) is 61.7 Å². The molecule has 1 N–H and O–H groups in total. The SMILES string of the molecule is COc1cc(C(=O)NCc2nc3ccccc3n2CCCOc2cc(C)ccc2C)cc(OC)c1OC. The Morgan fingerprint density at radius 1 is 0.919 bits per heavy atom. The van der Waals surface area contributed by atoms with Gasteiger partial charge in [0.05, 0.1) is 45.5 Å².